The maximum atomic E-state index is 13.3. The summed E-state index contributed by atoms with van der Waals surface area (Å²) >= 11 is 0. The van der Waals surface area contributed by atoms with Crippen molar-refractivity contribution in [3.8, 4) is 11.4 Å². The molecule has 0 bridgehead atoms. The zero-order valence-electron chi connectivity index (χ0n) is 16.2. The molecule has 5 nitrogen and oxygen atoms in total. The average Bonchev–Trinajstić information content (AvgIpc) is 3.13. The fourth-order valence-corrected chi connectivity index (χ4v) is 3.80. The van der Waals surface area contributed by atoms with E-state index in [9.17, 15) is 14.0 Å². The van der Waals surface area contributed by atoms with E-state index in [0.717, 1.165) is 18.4 Å². The lowest BCUT2D eigenvalue weighted by molar-refractivity contribution is -0.122. The maximum Gasteiger partial charge on any atom is 0.254 e. The highest BCUT2D eigenvalue weighted by molar-refractivity contribution is 5.77. The van der Waals surface area contributed by atoms with E-state index in [0.29, 0.717) is 23.5 Å². The van der Waals surface area contributed by atoms with Crippen molar-refractivity contribution in [2.45, 2.75) is 38.8 Å². The lowest BCUT2D eigenvalue weighted by atomic mass is 10.1. The molecule has 2 aromatic carbocycles. The summed E-state index contributed by atoms with van der Waals surface area (Å²) < 4.78 is 14.7. The van der Waals surface area contributed by atoms with Crippen molar-refractivity contribution < 1.29 is 9.18 Å². The Balaban J connectivity index is 1.62. The van der Waals surface area contributed by atoms with Gasteiger partial charge in [-0.25, -0.2) is 9.37 Å². The summed E-state index contributed by atoms with van der Waals surface area (Å²) in [7, 11) is 0. The Kier molecular flexibility index (Phi) is 5.25. The highest BCUT2D eigenvalue weighted by atomic mass is 19.1. The number of rotatable bonds is 5. The minimum absolute atomic E-state index is 0.0495. The second-order valence-corrected chi connectivity index (χ2v) is 7.21. The number of carbonyl (C=O) groups is 1. The Morgan fingerprint density at radius 1 is 1.21 bits per heavy atom. The third-order valence-corrected chi connectivity index (χ3v) is 5.30. The second-order valence-electron chi connectivity index (χ2n) is 7.21. The number of hydrogen-bond donors (Lipinski definition) is 1. The van der Waals surface area contributed by atoms with Gasteiger partial charge in [-0.2, -0.15) is 0 Å². The van der Waals surface area contributed by atoms with Crippen LogP contribution in [0.1, 0.15) is 36.2 Å². The Bertz CT molecular complexity index is 1110. The Morgan fingerprint density at radius 2 is 1.97 bits per heavy atom. The van der Waals surface area contributed by atoms with Gasteiger partial charge in [-0.1, -0.05) is 31.2 Å². The minimum atomic E-state index is -0.369. The molecule has 6 heteroatoms. The van der Waals surface area contributed by atoms with Crippen molar-refractivity contribution in [1.82, 2.24) is 14.9 Å². The highest BCUT2D eigenvalue weighted by Gasteiger charge is 2.24. The molecule has 148 valence electrons. The van der Waals surface area contributed by atoms with Crippen LogP contribution in [0.5, 0.6) is 0 Å². The van der Waals surface area contributed by atoms with Gasteiger partial charge in [-0.15, -0.1) is 0 Å². The molecule has 0 saturated heterocycles. The number of nitrogens with one attached hydrogen (secondary N) is 1. The smallest absolute Gasteiger partial charge is 0.254 e. The number of amides is 1. The number of hydrogen-bond acceptors (Lipinski definition) is 3. The molecule has 0 radical (unpaired) electrons. The van der Waals surface area contributed by atoms with Crippen LogP contribution in [-0.4, -0.2) is 15.5 Å². The summed E-state index contributed by atoms with van der Waals surface area (Å²) in [5, 5.41) is 3.04. The molecule has 0 aliphatic heterocycles. The number of fused-ring (bicyclic) bond motifs is 1. The number of aromatic nitrogens is 2. The van der Waals surface area contributed by atoms with Gasteiger partial charge >= 0.3 is 0 Å². The van der Waals surface area contributed by atoms with Gasteiger partial charge in [0.05, 0.1) is 6.04 Å². The van der Waals surface area contributed by atoms with Gasteiger partial charge in [0, 0.05) is 17.3 Å². The summed E-state index contributed by atoms with van der Waals surface area (Å²) in [6.45, 7) is 1.77. The van der Waals surface area contributed by atoms with Crippen molar-refractivity contribution in [2.75, 3.05) is 0 Å². The third-order valence-electron chi connectivity index (χ3n) is 5.30. The van der Waals surface area contributed by atoms with Crippen LogP contribution in [0.4, 0.5) is 4.39 Å². The molecular weight excluding hydrogens is 369 g/mol. The fraction of sp³-hybridized carbons (Fsp3) is 0.261. The molecule has 4 rings (SSSR count). The molecule has 1 heterocycles. The Morgan fingerprint density at radius 3 is 2.72 bits per heavy atom. The van der Waals surface area contributed by atoms with Crippen molar-refractivity contribution in [3.63, 3.8) is 0 Å². The number of aryl methyl sites for hydroxylation is 2. The van der Waals surface area contributed by atoms with E-state index >= 15 is 0 Å². The molecule has 1 aliphatic rings. The van der Waals surface area contributed by atoms with Crippen molar-refractivity contribution >= 4 is 5.91 Å². The first-order valence-corrected chi connectivity index (χ1v) is 9.79. The first kappa shape index (κ1) is 19.1. The van der Waals surface area contributed by atoms with Gasteiger partial charge in [-0.3, -0.25) is 14.2 Å². The molecule has 29 heavy (non-hydrogen) atoms. The summed E-state index contributed by atoms with van der Waals surface area (Å²) in [6.07, 6.45) is 2.36. The van der Waals surface area contributed by atoms with Gasteiger partial charge in [0.25, 0.3) is 5.56 Å². The van der Waals surface area contributed by atoms with Crippen LogP contribution in [0.2, 0.25) is 0 Å². The first-order chi connectivity index (χ1) is 14.0. The van der Waals surface area contributed by atoms with Crippen LogP contribution in [0, 0.1) is 5.82 Å². The average molecular weight is 391 g/mol. The van der Waals surface area contributed by atoms with Gasteiger partial charge < -0.3 is 5.32 Å². The third kappa shape index (κ3) is 3.97. The largest absolute Gasteiger partial charge is 0.348 e. The highest BCUT2D eigenvalue weighted by Crippen LogP contribution is 2.30. The molecule has 0 saturated carbocycles. The molecule has 1 atom stereocenters. The normalized spacial score (nSPS) is 15.2. The second kappa shape index (κ2) is 7.99. The van der Waals surface area contributed by atoms with Crippen LogP contribution in [0.25, 0.3) is 11.4 Å². The molecule has 0 unspecified atom stereocenters. The van der Waals surface area contributed by atoms with E-state index in [1.54, 1.807) is 12.1 Å². The molecule has 3 aromatic rings. The van der Waals surface area contributed by atoms with Gasteiger partial charge in [0.15, 0.2) is 0 Å². The summed E-state index contributed by atoms with van der Waals surface area (Å²) in [5.74, 6) is -0.244. The number of benzene rings is 2. The fourth-order valence-electron chi connectivity index (χ4n) is 3.80. The molecule has 0 fully saturated rings. The topological polar surface area (TPSA) is 64.0 Å². The van der Waals surface area contributed by atoms with Crippen molar-refractivity contribution in [3.05, 3.63) is 87.6 Å². The standard InChI is InChI=1S/C23H22FN3O2/c1-2-18-13-22(29)27(23(25-18)16-7-10-17(24)11-8-16)14-21(28)26-20-12-9-15-5-3-4-6-19(15)20/h3-8,10-11,13,20H,2,9,12,14H2,1H3,(H,26,28)/t20-/m0/s1. The van der Waals surface area contributed by atoms with E-state index in [2.05, 4.69) is 16.4 Å². The summed E-state index contributed by atoms with van der Waals surface area (Å²) in [5.41, 5.74) is 3.31. The van der Waals surface area contributed by atoms with E-state index in [1.165, 1.54) is 28.3 Å². The SMILES string of the molecule is CCc1cc(=O)n(CC(=O)N[C@H]2CCc3ccccc32)c(-c2ccc(F)cc2)n1. The molecule has 1 amide bonds. The lowest BCUT2D eigenvalue weighted by Crippen LogP contribution is -2.35. The Hall–Kier alpha value is -3.28. The molecular formula is C23H22FN3O2. The van der Waals surface area contributed by atoms with Gasteiger partial charge in [0.1, 0.15) is 18.2 Å². The first-order valence-electron chi connectivity index (χ1n) is 9.79. The molecule has 1 aliphatic carbocycles. The van der Waals surface area contributed by atoms with Crippen molar-refractivity contribution in [1.29, 1.82) is 0 Å². The minimum Gasteiger partial charge on any atom is -0.348 e. The van der Waals surface area contributed by atoms with E-state index in [4.69, 9.17) is 0 Å². The lowest BCUT2D eigenvalue weighted by Gasteiger charge is -2.17. The monoisotopic (exact) mass is 391 g/mol. The number of halogens is 1. The Labute approximate surface area is 168 Å². The van der Waals surface area contributed by atoms with Gasteiger partial charge in [-0.05, 0) is 54.7 Å². The predicted octanol–water partition coefficient (Wildman–Crippen LogP) is 3.42. The van der Waals surface area contributed by atoms with E-state index < -0.39 is 0 Å². The van der Waals surface area contributed by atoms with Gasteiger partial charge in [0.2, 0.25) is 5.91 Å². The maximum absolute atomic E-state index is 13.3. The molecule has 1 aromatic heterocycles. The molecule has 0 spiro atoms. The van der Waals surface area contributed by atoms with Crippen LogP contribution in [0.15, 0.2) is 59.4 Å². The quantitative estimate of drug-likeness (QED) is 0.725. The molecule has 1 N–H and O–H groups in total. The predicted molar refractivity (Wildman–Crippen MR) is 109 cm³/mol. The zero-order chi connectivity index (χ0) is 20.4. The summed E-state index contributed by atoms with van der Waals surface area (Å²) in [6, 6.07) is 15.2. The van der Waals surface area contributed by atoms with E-state index in [1.807, 2.05) is 25.1 Å². The summed E-state index contributed by atoms with van der Waals surface area (Å²) in [4.78, 5) is 30.0. The zero-order valence-corrected chi connectivity index (χ0v) is 16.2. The van der Waals surface area contributed by atoms with Crippen LogP contribution >= 0.6 is 0 Å². The number of nitrogens with zero attached hydrogens (tertiary/aromatic N) is 2. The van der Waals surface area contributed by atoms with Crippen LogP contribution in [-0.2, 0) is 24.2 Å². The van der Waals surface area contributed by atoms with Crippen LogP contribution < -0.4 is 10.9 Å². The number of carbonyl (C=O) groups excluding carboxylic acids is 1. The van der Waals surface area contributed by atoms with E-state index in [-0.39, 0.29) is 29.9 Å². The van der Waals surface area contributed by atoms with Crippen molar-refractivity contribution in [2.24, 2.45) is 0 Å². The van der Waals surface area contributed by atoms with Crippen LogP contribution in [0.3, 0.4) is 0 Å².